The third-order valence-corrected chi connectivity index (χ3v) is 3.28. The van der Waals surface area contributed by atoms with Gasteiger partial charge in [0.25, 0.3) is 0 Å². The summed E-state index contributed by atoms with van der Waals surface area (Å²) in [6.07, 6.45) is 0.779. The van der Waals surface area contributed by atoms with E-state index in [1.54, 1.807) is 0 Å². The molecule has 0 saturated carbocycles. The van der Waals surface area contributed by atoms with E-state index >= 15 is 0 Å². The Bertz CT molecular complexity index is 389. The number of likely N-dealkylation sites (tertiary alicyclic amines) is 1. The predicted molar refractivity (Wildman–Crippen MR) is 62.2 cm³/mol. The molecule has 86 valence electrons. The smallest absolute Gasteiger partial charge is 0.307 e. The topological polar surface area (TPSA) is 40.5 Å². The van der Waals surface area contributed by atoms with Crippen LogP contribution in [-0.2, 0) is 11.3 Å². The van der Waals surface area contributed by atoms with E-state index < -0.39 is 5.97 Å². The van der Waals surface area contributed by atoms with E-state index in [0.29, 0.717) is 6.54 Å². The van der Waals surface area contributed by atoms with Gasteiger partial charge >= 0.3 is 5.97 Å². The lowest BCUT2D eigenvalue weighted by molar-refractivity contribution is -0.141. The van der Waals surface area contributed by atoms with E-state index in [1.165, 1.54) is 11.1 Å². The highest BCUT2D eigenvalue weighted by Crippen LogP contribution is 2.19. The molecule has 1 N–H and O–H groups in total. The number of carboxylic acids is 1. The molecule has 16 heavy (non-hydrogen) atoms. The minimum atomic E-state index is -0.660. The molecular formula is C13H17NO2. The zero-order chi connectivity index (χ0) is 11.5. The Balaban J connectivity index is 1.97. The molecule has 0 aromatic heterocycles. The Kier molecular flexibility index (Phi) is 3.25. The van der Waals surface area contributed by atoms with Gasteiger partial charge in [-0.05, 0) is 31.0 Å². The maximum Gasteiger partial charge on any atom is 0.307 e. The van der Waals surface area contributed by atoms with Gasteiger partial charge in [-0.15, -0.1) is 0 Å². The van der Waals surface area contributed by atoms with Gasteiger partial charge in [0.15, 0.2) is 0 Å². The molecule has 3 heteroatoms. The first-order valence-corrected chi connectivity index (χ1v) is 5.66. The van der Waals surface area contributed by atoms with Gasteiger partial charge in [0, 0.05) is 13.1 Å². The van der Waals surface area contributed by atoms with Crippen molar-refractivity contribution in [2.24, 2.45) is 5.92 Å². The lowest BCUT2D eigenvalue weighted by Gasteiger charge is -2.16. The molecule has 0 amide bonds. The number of aliphatic carboxylic acids is 1. The summed E-state index contributed by atoms with van der Waals surface area (Å²) in [4.78, 5) is 13.1. The Labute approximate surface area is 95.7 Å². The molecule has 1 unspecified atom stereocenters. The van der Waals surface area contributed by atoms with Gasteiger partial charge in [-0.3, -0.25) is 9.69 Å². The van der Waals surface area contributed by atoms with Gasteiger partial charge in [0.05, 0.1) is 5.92 Å². The van der Waals surface area contributed by atoms with Crippen LogP contribution in [0.4, 0.5) is 0 Å². The van der Waals surface area contributed by atoms with E-state index in [0.717, 1.165) is 19.5 Å². The normalized spacial score (nSPS) is 21.2. The van der Waals surface area contributed by atoms with Crippen molar-refractivity contribution in [3.8, 4) is 0 Å². The molecule has 1 heterocycles. The van der Waals surface area contributed by atoms with Gasteiger partial charge in [0.2, 0.25) is 0 Å². The van der Waals surface area contributed by atoms with Gasteiger partial charge in [-0.1, -0.05) is 24.3 Å². The lowest BCUT2D eigenvalue weighted by atomic mass is 10.1. The standard InChI is InChI=1S/C13H17NO2/c1-10-4-2-3-5-11(10)8-14-7-6-12(9-14)13(15)16/h2-5,12H,6-9H2,1H3,(H,15,16). The van der Waals surface area contributed by atoms with E-state index in [4.69, 9.17) is 5.11 Å². The Hall–Kier alpha value is -1.35. The number of carboxylic acid groups (broad SMARTS) is 1. The average molecular weight is 219 g/mol. The van der Waals surface area contributed by atoms with Crippen LogP contribution < -0.4 is 0 Å². The van der Waals surface area contributed by atoms with Crippen molar-refractivity contribution in [2.45, 2.75) is 19.9 Å². The van der Waals surface area contributed by atoms with Crippen molar-refractivity contribution in [2.75, 3.05) is 13.1 Å². The fraction of sp³-hybridized carbons (Fsp3) is 0.462. The maximum absolute atomic E-state index is 10.8. The molecular weight excluding hydrogens is 202 g/mol. The molecule has 1 fully saturated rings. The largest absolute Gasteiger partial charge is 0.481 e. The second-order valence-corrected chi connectivity index (χ2v) is 4.49. The first-order chi connectivity index (χ1) is 7.66. The van der Waals surface area contributed by atoms with Crippen LogP contribution in [0.15, 0.2) is 24.3 Å². The van der Waals surface area contributed by atoms with Crippen molar-refractivity contribution in [3.05, 3.63) is 35.4 Å². The molecule has 1 aliphatic rings. The van der Waals surface area contributed by atoms with Crippen molar-refractivity contribution in [1.82, 2.24) is 4.90 Å². The molecule has 0 aliphatic carbocycles. The summed E-state index contributed by atoms with van der Waals surface area (Å²) in [7, 11) is 0. The van der Waals surface area contributed by atoms with Crippen LogP contribution in [0.2, 0.25) is 0 Å². The highest BCUT2D eigenvalue weighted by atomic mass is 16.4. The minimum absolute atomic E-state index is 0.177. The molecule has 3 nitrogen and oxygen atoms in total. The van der Waals surface area contributed by atoms with Crippen LogP contribution in [0.1, 0.15) is 17.5 Å². The summed E-state index contributed by atoms with van der Waals surface area (Å²) in [6.45, 7) is 4.55. The monoisotopic (exact) mass is 219 g/mol. The highest BCUT2D eigenvalue weighted by molar-refractivity contribution is 5.70. The van der Waals surface area contributed by atoms with Gasteiger partial charge in [-0.2, -0.15) is 0 Å². The fourth-order valence-corrected chi connectivity index (χ4v) is 2.21. The van der Waals surface area contributed by atoms with Crippen LogP contribution in [-0.4, -0.2) is 29.1 Å². The van der Waals surface area contributed by atoms with E-state index in [-0.39, 0.29) is 5.92 Å². The molecule has 1 aliphatic heterocycles. The van der Waals surface area contributed by atoms with Gasteiger partial charge < -0.3 is 5.11 Å². The quantitative estimate of drug-likeness (QED) is 0.844. The second kappa shape index (κ2) is 4.66. The molecule has 1 saturated heterocycles. The molecule has 2 rings (SSSR count). The number of nitrogens with zero attached hydrogens (tertiary/aromatic N) is 1. The molecule has 1 aromatic carbocycles. The number of rotatable bonds is 3. The van der Waals surface area contributed by atoms with Crippen LogP contribution in [0.25, 0.3) is 0 Å². The van der Waals surface area contributed by atoms with E-state index in [1.807, 2.05) is 12.1 Å². The first-order valence-electron chi connectivity index (χ1n) is 5.66. The second-order valence-electron chi connectivity index (χ2n) is 4.49. The van der Waals surface area contributed by atoms with Crippen molar-refractivity contribution >= 4 is 5.97 Å². The van der Waals surface area contributed by atoms with Crippen molar-refractivity contribution < 1.29 is 9.90 Å². The molecule has 0 radical (unpaired) electrons. The number of hydrogen-bond acceptors (Lipinski definition) is 2. The Morgan fingerprint density at radius 1 is 1.50 bits per heavy atom. The van der Waals surface area contributed by atoms with E-state index in [9.17, 15) is 4.79 Å². The molecule has 1 atom stereocenters. The lowest BCUT2D eigenvalue weighted by Crippen LogP contribution is -2.23. The summed E-state index contributed by atoms with van der Waals surface area (Å²) in [5.74, 6) is -0.837. The number of aryl methyl sites for hydroxylation is 1. The molecule has 1 aromatic rings. The maximum atomic E-state index is 10.8. The highest BCUT2D eigenvalue weighted by Gasteiger charge is 2.27. The zero-order valence-electron chi connectivity index (χ0n) is 9.52. The van der Waals surface area contributed by atoms with Gasteiger partial charge in [0.1, 0.15) is 0 Å². The molecule has 0 bridgehead atoms. The summed E-state index contributed by atoms with van der Waals surface area (Å²) in [5.41, 5.74) is 2.58. The summed E-state index contributed by atoms with van der Waals surface area (Å²) < 4.78 is 0. The predicted octanol–water partition coefficient (Wildman–Crippen LogP) is 1.90. The SMILES string of the molecule is Cc1ccccc1CN1CCC(C(=O)O)C1. The summed E-state index contributed by atoms with van der Waals surface area (Å²) in [5, 5.41) is 8.93. The van der Waals surface area contributed by atoms with E-state index in [2.05, 4.69) is 24.0 Å². The molecule has 0 spiro atoms. The minimum Gasteiger partial charge on any atom is -0.481 e. The number of hydrogen-bond donors (Lipinski definition) is 1. The number of carbonyl (C=O) groups is 1. The summed E-state index contributed by atoms with van der Waals surface area (Å²) in [6, 6.07) is 8.28. The van der Waals surface area contributed by atoms with Crippen LogP contribution in [0.3, 0.4) is 0 Å². The third kappa shape index (κ3) is 2.42. The first kappa shape index (κ1) is 11.1. The Morgan fingerprint density at radius 3 is 2.88 bits per heavy atom. The Morgan fingerprint density at radius 2 is 2.25 bits per heavy atom. The average Bonchev–Trinajstić information content (AvgIpc) is 2.70. The van der Waals surface area contributed by atoms with Crippen LogP contribution >= 0.6 is 0 Å². The van der Waals surface area contributed by atoms with Gasteiger partial charge in [-0.25, -0.2) is 0 Å². The summed E-state index contributed by atoms with van der Waals surface area (Å²) >= 11 is 0. The fourth-order valence-electron chi connectivity index (χ4n) is 2.21. The van der Waals surface area contributed by atoms with Crippen LogP contribution in [0.5, 0.6) is 0 Å². The number of benzene rings is 1. The zero-order valence-corrected chi connectivity index (χ0v) is 9.52. The van der Waals surface area contributed by atoms with Crippen molar-refractivity contribution in [1.29, 1.82) is 0 Å². The third-order valence-electron chi connectivity index (χ3n) is 3.28. The van der Waals surface area contributed by atoms with Crippen molar-refractivity contribution in [3.63, 3.8) is 0 Å². The van der Waals surface area contributed by atoms with Crippen LogP contribution in [0, 0.1) is 12.8 Å².